The van der Waals surface area contributed by atoms with Crippen LogP contribution in [0.2, 0.25) is 0 Å². The second kappa shape index (κ2) is 16.7. The van der Waals surface area contributed by atoms with Crippen molar-refractivity contribution in [3.8, 4) is 11.1 Å². The highest BCUT2D eigenvalue weighted by Gasteiger charge is 2.31. The Labute approximate surface area is 281 Å². The Hall–Kier alpha value is -4.96. The average molecular weight is 654 g/mol. The van der Waals surface area contributed by atoms with Gasteiger partial charge in [-0.05, 0) is 54.0 Å². The van der Waals surface area contributed by atoms with Crippen molar-refractivity contribution in [3.05, 3.63) is 108 Å². The number of aliphatic hydroxyl groups is 1. The van der Waals surface area contributed by atoms with E-state index in [2.05, 4.69) is 22.8 Å². The van der Waals surface area contributed by atoms with Crippen LogP contribution < -0.4 is 10.6 Å². The minimum absolute atomic E-state index is 0.0386. The highest BCUT2D eigenvalue weighted by atomic mass is 16.6. The number of nitrogens with one attached hydrogen (secondary N) is 2. The number of esters is 1. The predicted octanol–water partition coefficient (Wildman–Crippen LogP) is 4.71. The lowest BCUT2D eigenvalue weighted by atomic mass is 9.98. The minimum Gasteiger partial charge on any atom is -0.459 e. The SMILES string of the molecule is C[C@H]1CNC(=O)[C@@H](CC(=O)N(CCO)Cc2ccccc2)CC=CCC[C@H](NC(=O)OCC2c3ccccc3-c3ccccc32)C(=O)O1. The zero-order chi connectivity index (χ0) is 33.9. The lowest BCUT2D eigenvalue weighted by Gasteiger charge is -2.25. The molecule has 48 heavy (non-hydrogen) atoms. The van der Waals surface area contributed by atoms with Crippen LogP contribution in [0.1, 0.15) is 55.2 Å². The van der Waals surface area contributed by atoms with Gasteiger partial charge in [0.25, 0.3) is 0 Å². The number of aliphatic hydroxyl groups excluding tert-OH is 1. The number of hydrogen-bond donors (Lipinski definition) is 3. The first-order valence-corrected chi connectivity index (χ1v) is 16.5. The van der Waals surface area contributed by atoms with E-state index in [1.807, 2.05) is 78.9 Å². The number of nitrogens with zero attached hydrogens (tertiary/aromatic N) is 1. The molecule has 10 nitrogen and oxygen atoms in total. The fourth-order valence-electron chi connectivity index (χ4n) is 6.22. The van der Waals surface area contributed by atoms with Gasteiger partial charge in [-0.15, -0.1) is 0 Å². The molecule has 1 aliphatic heterocycles. The van der Waals surface area contributed by atoms with Crippen LogP contribution in [-0.4, -0.2) is 72.3 Å². The van der Waals surface area contributed by atoms with E-state index in [1.54, 1.807) is 11.8 Å². The number of fused-ring (bicyclic) bond motifs is 3. The van der Waals surface area contributed by atoms with Crippen molar-refractivity contribution in [2.24, 2.45) is 5.92 Å². The first-order chi connectivity index (χ1) is 23.3. The molecule has 0 unspecified atom stereocenters. The summed E-state index contributed by atoms with van der Waals surface area (Å²) in [6, 6.07) is 24.6. The second-order valence-electron chi connectivity index (χ2n) is 12.2. The molecule has 3 aromatic rings. The number of allylic oxidation sites excluding steroid dienone is 2. The van der Waals surface area contributed by atoms with Crippen molar-refractivity contribution in [1.82, 2.24) is 15.5 Å². The third-order valence-electron chi connectivity index (χ3n) is 8.74. The van der Waals surface area contributed by atoms with Crippen LogP contribution >= 0.6 is 0 Å². The summed E-state index contributed by atoms with van der Waals surface area (Å²) in [6.07, 6.45) is 3.22. The van der Waals surface area contributed by atoms with E-state index in [1.165, 1.54) is 0 Å². The molecule has 0 bridgehead atoms. The monoisotopic (exact) mass is 653 g/mol. The van der Waals surface area contributed by atoms with E-state index >= 15 is 0 Å². The van der Waals surface area contributed by atoms with Crippen LogP contribution in [0.4, 0.5) is 4.79 Å². The molecule has 252 valence electrons. The molecule has 2 aliphatic rings. The predicted molar refractivity (Wildman–Crippen MR) is 181 cm³/mol. The molecular formula is C38H43N3O7. The molecule has 3 aromatic carbocycles. The normalized spacial score (nSPS) is 19.8. The molecule has 10 heteroatoms. The zero-order valence-corrected chi connectivity index (χ0v) is 27.2. The van der Waals surface area contributed by atoms with Gasteiger partial charge in [0.2, 0.25) is 11.8 Å². The average Bonchev–Trinajstić information content (AvgIpc) is 3.42. The molecule has 0 spiro atoms. The molecular weight excluding hydrogens is 610 g/mol. The van der Waals surface area contributed by atoms with Crippen molar-refractivity contribution in [3.63, 3.8) is 0 Å². The summed E-state index contributed by atoms with van der Waals surface area (Å²) < 4.78 is 11.3. The Morgan fingerprint density at radius 1 is 0.958 bits per heavy atom. The fourth-order valence-corrected chi connectivity index (χ4v) is 6.22. The third-order valence-corrected chi connectivity index (χ3v) is 8.74. The van der Waals surface area contributed by atoms with Gasteiger partial charge in [0.15, 0.2) is 0 Å². The molecule has 5 rings (SSSR count). The maximum absolute atomic E-state index is 13.3. The number of amides is 3. The number of rotatable bonds is 9. The van der Waals surface area contributed by atoms with Gasteiger partial charge in [-0.25, -0.2) is 9.59 Å². The number of carbonyl (C=O) groups excluding carboxylic acids is 4. The smallest absolute Gasteiger partial charge is 0.407 e. The zero-order valence-electron chi connectivity index (χ0n) is 27.2. The number of benzene rings is 3. The Balaban J connectivity index is 1.19. The van der Waals surface area contributed by atoms with Crippen LogP contribution in [0.25, 0.3) is 11.1 Å². The van der Waals surface area contributed by atoms with Crippen molar-refractivity contribution >= 4 is 23.9 Å². The van der Waals surface area contributed by atoms with Gasteiger partial charge >= 0.3 is 12.1 Å². The maximum atomic E-state index is 13.3. The van der Waals surface area contributed by atoms with E-state index in [9.17, 15) is 24.3 Å². The highest BCUT2D eigenvalue weighted by Crippen LogP contribution is 2.44. The summed E-state index contributed by atoms with van der Waals surface area (Å²) in [5.41, 5.74) is 5.35. The largest absolute Gasteiger partial charge is 0.459 e. The summed E-state index contributed by atoms with van der Waals surface area (Å²) >= 11 is 0. The van der Waals surface area contributed by atoms with E-state index in [0.717, 1.165) is 27.8 Å². The fraction of sp³-hybridized carbons (Fsp3) is 0.368. The number of carbonyl (C=O) groups is 4. The summed E-state index contributed by atoms with van der Waals surface area (Å²) in [5, 5.41) is 15.1. The van der Waals surface area contributed by atoms with Gasteiger partial charge in [0, 0.05) is 25.4 Å². The minimum atomic E-state index is -0.952. The summed E-state index contributed by atoms with van der Waals surface area (Å²) in [6.45, 7) is 2.11. The van der Waals surface area contributed by atoms with Crippen LogP contribution in [0, 0.1) is 5.92 Å². The van der Waals surface area contributed by atoms with Crippen LogP contribution in [0.5, 0.6) is 0 Å². The second-order valence-corrected chi connectivity index (χ2v) is 12.2. The molecule has 0 saturated heterocycles. The molecule has 3 N–H and O–H groups in total. The lowest BCUT2D eigenvalue weighted by molar-refractivity contribution is -0.151. The molecule has 0 aromatic heterocycles. The number of cyclic esters (lactones) is 1. The Bertz CT molecular complexity index is 1560. The molecule has 1 aliphatic carbocycles. The lowest BCUT2D eigenvalue weighted by Crippen LogP contribution is -2.45. The first-order valence-electron chi connectivity index (χ1n) is 16.5. The van der Waals surface area contributed by atoms with Gasteiger partial charge in [-0.2, -0.15) is 0 Å². The van der Waals surface area contributed by atoms with Crippen molar-refractivity contribution in [2.75, 3.05) is 26.3 Å². The molecule has 0 fully saturated rings. The van der Waals surface area contributed by atoms with Crippen LogP contribution in [-0.2, 0) is 30.4 Å². The van der Waals surface area contributed by atoms with E-state index in [0.29, 0.717) is 19.4 Å². The summed E-state index contributed by atoms with van der Waals surface area (Å²) in [7, 11) is 0. The van der Waals surface area contributed by atoms with Crippen molar-refractivity contribution < 1.29 is 33.8 Å². The maximum Gasteiger partial charge on any atom is 0.407 e. The van der Waals surface area contributed by atoms with Crippen LogP contribution in [0.3, 0.4) is 0 Å². The van der Waals surface area contributed by atoms with E-state index in [-0.39, 0.29) is 56.9 Å². The Morgan fingerprint density at radius 3 is 2.31 bits per heavy atom. The molecule has 0 saturated carbocycles. The van der Waals surface area contributed by atoms with E-state index < -0.39 is 30.1 Å². The van der Waals surface area contributed by atoms with Gasteiger partial charge in [-0.3, -0.25) is 9.59 Å². The topological polar surface area (TPSA) is 134 Å². The third kappa shape index (κ3) is 8.89. The highest BCUT2D eigenvalue weighted by molar-refractivity contribution is 5.86. The van der Waals surface area contributed by atoms with Gasteiger partial charge in [-0.1, -0.05) is 91.0 Å². The Kier molecular flexibility index (Phi) is 12.0. The number of alkyl carbamates (subject to hydrolysis) is 1. The standard InChI is InChI=1S/C38H43N3O7/c1-26-23-39-36(44)28(22-35(43)41(20-21-42)24-27-12-4-2-5-13-27)14-6-3-7-19-34(37(45)48-26)40-38(46)47-25-33-31-17-10-8-15-29(31)30-16-9-11-18-32(30)33/h2-6,8-13,15-18,26,28,33-34,42H,7,14,19-25H2,1H3,(H,39,44)(H,40,46)/t26-,28+,34-/m0/s1. The number of ether oxygens (including phenoxy) is 2. The molecule has 0 radical (unpaired) electrons. The molecule has 3 amide bonds. The van der Waals surface area contributed by atoms with Crippen molar-refractivity contribution in [1.29, 1.82) is 0 Å². The Morgan fingerprint density at radius 2 is 1.62 bits per heavy atom. The molecule has 1 heterocycles. The van der Waals surface area contributed by atoms with Gasteiger partial charge in [0.1, 0.15) is 18.8 Å². The van der Waals surface area contributed by atoms with E-state index in [4.69, 9.17) is 9.47 Å². The summed E-state index contributed by atoms with van der Waals surface area (Å²) in [4.78, 5) is 54.1. The van der Waals surface area contributed by atoms with Crippen LogP contribution in [0.15, 0.2) is 91.0 Å². The van der Waals surface area contributed by atoms with Gasteiger partial charge in [0.05, 0.1) is 19.1 Å². The molecule has 3 atom stereocenters. The van der Waals surface area contributed by atoms with Gasteiger partial charge < -0.3 is 30.1 Å². The first kappa shape index (κ1) is 34.4. The quantitative estimate of drug-likeness (QED) is 0.225. The van der Waals surface area contributed by atoms with Crippen molar-refractivity contribution in [2.45, 2.75) is 57.2 Å². The summed E-state index contributed by atoms with van der Waals surface area (Å²) in [5.74, 6) is -1.95. The number of hydrogen-bond acceptors (Lipinski definition) is 7.